The van der Waals surface area contributed by atoms with Gasteiger partial charge in [-0.25, -0.2) is 9.18 Å². The van der Waals surface area contributed by atoms with Crippen LogP contribution in [0.4, 0.5) is 10.1 Å². The Balaban J connectivity index is 1.79. The maximum Gasteiger partial charge on any atom is 0.329 e. The lowest BCUT2D eigenvalue weighted by molar-refractivity contribution is -0.116. The zero-order valence-corrected chi connectivity index (χ0v) is 17.8. The van der Waals surface area contributed by atoms with Crippen molar-refractivity contribution in [2.24, 2.45) is 7.05 Å². The summed E-state index contributed by atoms with van der Waals surface area (Å²) in [7, 11) is 3.12. The number of hydrogen-bond acceptors (Lipinski definition) is 4. The van der Waals surface area contributed by atoms with Crippen LogP contribution in [-0.4, -0.2) is 27.3 Å². The van der Waals surface area contributed by atoms with Crippen molar-refractivity contribution in [2.75, 3.05) is 12.4 Å². The third kappa shape index (κ3) is 3.82. The van der Waals surface area contributed by atoms with Crippen LogP contribution in [-0.2, 0) is 18.4 Å². The molecule has 0 atom stereocenters. The normalized spacial score (nSPS) is 11.0. The van der Waals surface area contributed by atoms with Gasteiger partial charge in [-0.05, 0) is 66.6 Å². The Morgan fingerprint density at radius 2 is 1.84 bits per heavy atom. The van der Waals surface area contributed by atoms with Gasteiger partial charge in [0.2, 0.25) is 5.91 Å². The number of anilines is 1. The van der Waals surface area contributed by atoms with Crippen molar-refractivity contribution < 1.29 is 19.0 Å². The van der Waals surface area contributed by atoms with Gasteiger partial charge in [-0.2, -0.15) is 0 Å². The number of phenols is 1. The van der Waals surface area contributed by atoms with E-state index < -0.39 is 11.7 Å². The van der Waals surface area contributed by atoms with E-state index in [1.165, 1.54) is 46.6 Å². The van der Waals surface area contributed by atoms with Crippen molar-refractivity contribution in [3.8, 4) is 22.6 Å². The van der Waals surface area contributed by atoms with E-state index in [1.807, 2.05) is 19.1 Å². The van der Waals surface area contributed by atoms with Crippen molar-refractivity contribution in [1.82, 2.24) is 9.13 Å². The summed E-state index contributed by atoms with van der Waals surface area (Å²) in [6.07, 6.45) is 0. The second kappa shape index (κ2) is 8.22. The van der Waals surface area contributed by atoms with E-state index in [2.05, 4.69) is 5.32 Å². The molecule has 1 amide bonds. The van der Waals surface area contributed by atoms with Crippen LogP contribution >= 0.6 is 0 Å². The van der Waals surface area contributed by atoms with E-state index in [0.717, 1.165) is 16.7 Å². The summed E-state index contributed by atoms with van der Waals surface area (Å²) in [6.45, 7) is 1.70. The predicted octanol–water partition coefficient (Wildman–Crippen LogP) is 3.81. The molecule has 3 aromatic carbocycles. The Labute approximate surface area is 183 Å². The highest BCUT2D eigenvalue weighted by atomic mass is 19.1. The second-order valence-electron chi connectivity index (χ2n) is 7.55. The SMILES string of the molecule is COc1cc(-c2cc(C)cc3c2n(C)c(=O)n3CC(=O)Nc2ccc(F)cc2)ccc1O. The van der Waals surface area contributed by atoms with Gasteiger partial charge in [0, 0.05) is 18.3 Å². The first-order chi connectivity index (χ1) is 15.3. The number of aryl methyl sites for hydroxylation is 2. The van der Waals surface area contributed by atoms with Gasteiger partial charge in [-0.3, -0.25) is 13.9 Å². The number of carbonyl (C=O) groups excluding carboxylic acids is 1. The number of rotatable bonds is 5. The monoisotopic (exact) mass is 435 g/mol. The number of nitrogens with one attached hydrogen (secondary N) is 1. The molecule has 0 saturated heterocycles. The molecule has 32 heavy (non-hydrogen) atoms. The maximum atomic E-state index is 13.1. The Hall–Kier alpha value is -4.07. The number of fused-ring (bicyclic) bond motifs is 1. The van der Waals surface area contributed by atoms with Crippen LogP contribution in [0.3, 0.4) is 0 Å². The molecule has 8 heteroatoms. The van der Waals surface area contributed by atoms with Gasteiger partial charge in [0.15, 0.2) is 11.5 Å². The van der Waals surface area contributed by atoms with Crippen LogP contribution in [0.25, 0.3) is 22.2 Å². The van der Waals surface area contributed by atoms with Crippen LogP contribution in [0.15, 0.2) is 59.4 Å². The van der Waals surface area contributed by atoms with Gasteiger partial charge < -0.3 is 15.2 Å². The van der Waals surface area contributed by atoms with Crippen LogP contribution < -0.4 is 15.7 Å². The van der Waals surface area contributed by atoms with E-state index in [9.17, 15) is 19.1 Å². The lowest BCUT2D eigenvalue weighted by Crippen LogP contribution is -2.28. The Bertz CT molecular complexity index is 1390. The van der Waals surface area contributed by atoms with Crippen LogP contribution in [0.5, 0.6) is 11.5 Å². The molecule has 4 aromatic rings. The topological polar surface area (TPSA) is 85.5 Å². The molecule has 0 fully saturated rings. The molecule has 0 radical (unpaired) electrons. The Kier molecular flexibility index (Phi) is 5.44. The van der Waals surface area contributed by atoms with E-state index in [4.69, 9.17) is 4.74 Å². The zero-order valence-electron chi connectivity index (χ0n) is 17.8. The Morgan fingerprint density at radius 3 is 2.53 bits per heavy atom. The summed E-state index contributed by atoms with van der Waals surface area (Å²) < 4.78 is 21.2. The molecule has 2 N–H and O–H groups in total. The van der Waals surface area contributed by atoms with Gasteiger partial charge in [0.1, 0.15) is 12.4 Å². The molecule has 0 spiro atoms. The standard InChI is InChI=1S/C24H22FN3O4/c1-14-10-18(15-4-9-20(29)21(12-15)32-3)23-19(11-14)28(24(31)27(23)2)13-22(30)26-17-7-5-16(25)6-8-17/h4-12,29H,13H2,1-3H3,(H,26,30). The van der Waals surface area contributed by atoms with Gasteiger partial charge in [0.25, 0.3) is 0 Å². The Morgan fingerprint density at radius 1 is 1.12 bits per heavy atom. The fourth-order valence-electron chi connectivity index (χ4n) is 3.79. The van der Waals surface area contributed by atoms with Crippen molar-refractivity contribution in [3.05, 3.63) is 76.5 Å². The van der Waals surface area contributed by atoms with Gasteiger partial charge in [0.05, 0.1) is 18.1 Å². The highest BCUT2D eigenvalue weighted by molar-refractivity contribution is 5.96. The number of ether oxygens (including phenoxy) is 1. The number of aromatic hydroxyl groups is 1. The average Bonchev–Trinajstić information content (AvgIpc) is 2.99. The molecule has 0 saturated carbocycles. The smallest absolute Gasteiger partial charge is 0.329 e. The largest absolute Gasteiger partial charge is 0.504 e. The summed E-state index contributed by atoms with van der Waals surface area (Å²) in [4.78, 5) is 25.6. The lowest BCUT2D eigenvalue weighted by atomic mass is 10.0. The average molecular weight is 435 g/mol. The van der Waals surface area contributed by atoms with Crippen molar-refractivity contribution in [2.45, 2.75) is 13.5 Å². The third-order valence-electron chi connectivity index (χ3n) is 5.30. The molecule has 0 aliphatic rings. The summed E-state index contributed by atoms with van der Waals surface area (Å²) >= 11 is 0. The summed E-state index contributed by atoms with van der Waals surface area (Å²) in [5.41, 5.74) is 3.80. The first-order valence-corrected chi connectivity index (χ1v) is 9.91. The zero-order chi connectivity index (χ0) is 23.0. The molecule has 1 heterocycles. The van der Waals surface area contributed by atoms with E-state index in [1.54, 1.807) is 19.2 Å². The number of imidazole rings is 1. The molecule has 7 nitrogen and oxygen atoms in total. The second-order valence-corrected chi connectivity index (χ2v) is 7.55. The number of hydrogen-bond donors (Lipinski definition) is 2. The highest BCUT2D eigenvalue weighted by Crippen LogP contribution is 2.35. The van der Waals surface area contributed by atoms with E-state index in [0.29, 0.717) is 22.5 Å². The minimum atomic E-state index is -0.402. The third-order valence-corrected chi connectivity index (χ3v) is 5.30. The highest BCUT2D eigenvalue weighted by Gasteiger charge is 2.19. The summed E-state index contributed by atoms with van der Waals surface area (Å²) in [6, 6.07) is 14.2. The lowest BCUT2D eigenvalue weighted by Gasteiger charge is -2.11. The number of carbonyl (C=O) groups is 1. The quantitative estimate of drug-likeness (QED) is 0.499. The van der Waals surface area contributed by atoms with Crippen molar-refractivity contribution in [1.29, 1.82) is 0 Å². The van der Waals surface area contributed by atoms with Crippen molar-refractivity contribution in [3.63, 3.8) is 0 Å². The maximum absolute atomic E-state index is 13.1. The number of nitrogens with zero attached hydrogens (tertiary/aromatic N) is 2. The number of halogens is 1. The first-order valence-electron chi connectivity index (χ1n) is 9.91. The van der Waals surface area contributed by atoms with Crippen LogP contribution in [0.1, 0.15) is 5.56 Å². The van der Waals surface area contributed by atoms with E-state index >= 15 is 0 Å². The van der Waals surface area contributed by atoms with Gasteiger partial charge in [-0.1, -0.05) is 6.07 Å². The first kappa shape index (κ1) is 21.2. The number of methoxy groups -OCH3 is 1. The number of benzene rings is 3. The molecule has 164 valence electrons. The molecule has 4 rings (SSSR count). The molecule has 0 unspecified atom stereocenters. The number of phenolic OH excluding ortho intramolecular Hbond substituents is 1. The molecular weight excluding hydrogens is 413 g/mol. The van der Waals surface area contributed by atoms with Gasteiger partial charge in [-0.15, -0.1) is 0 Å². The van der Waals surface area contributed by atoms with Gasteiger partial charge >= 0.3 is 5.69 Å². The molecule has 0 aliphatic carbocycles. The molecule has 0 bridgehead atoms. The summed E-state index contributed by atoms with van der Waals surface area (Å²) in [5, 5.41) is 12.6. The fraction of sp³-hybridized carbons (Fsp3) is 0.167. The minimum Gasteiger partial charge on any atom is -0.504 e. The molecule has 1 aromatic heterocycles. The predicted molar refractivity (Wildman–Crippen MR) is 121 cm³/mol. The summed E-state index contributed by atoms with van der Waals surface area (Å²) in [5.74, 6) is -0.466. The van der Waals surface area contributed by atoms with E-state index in [-0.39, 0.29) is 18.0 Å². The van der Waals surface area contributed by atoms with Crippen LogP contribution in [0.2, 0.25) is 0 Å². The molecule has 0 aliphatic heterocycles. The number of amides is 1. The molecular formula is C24H22FN3O4. The van der Waals surface area contributed by atoms with Crippen LogP contribution in [0, 0.1) is 12.7 Å². The minimum absolute atomic E-state index is 0.0177. The fourth-order valence-corrected chi connectivity index (χ4v) is 3.79. The van der Waals surface area contributed by atoms with Crippen molar-refractivity contribution >= 4 is 22.6 Å². The number of aromatic nitrogens is 2.